The Morgan fingerprint density at radius 1 is 1.20 bits per heavy atom. The average molecular weight is 478 g/mol. The van der Waals surface area contributed by atoms with Crippen LogP contribution in [0.15, 0.2) is 54.9 Å². The number of aromatic nitrogens is 2. The molecule has 0 bridgehead atoms. The number of nitrogens with one attached hydrogen (secondary N) is 2. The average Bonchev–Trinajstić information content (AvgIpc) is 3.20. The first-order valence-electron chi connectivity index (χ1n) is 11.3. The predicted octanol–water partition coefficient (Wildman–Crippen LogP) is 4.40. The highest BCUT2D eigenvalue weighted by molar-refractivity contribution is 5.96. The van der Waals surface area contributed by atoms with E-state index in [4.69, 9.17) is 9.94 Å². The minimum Gasteiger partial charge on any atom is -0.493 e. The number of hydrogen-bond acceptors (Lipinski definition) is 5. The predicted molar refractivity (Wildman–Crippen MR) is 125 cm³/mol. The van der Waals surface area contributed by atoms with Gasteiger partial charge in [0.1, 0.15) is 23.1 Å². The molecular formula is C26H24F2N4O3. The van der Waals surface area contributed by atoms with Crippen LogP contribution in [0.4, 0.5) is 8.78 Å². The lowest BCUT2D eigenvalue weighted by Crippen LogP contribution is -2.26. The van der Waals surface area contributed by atoms with Gasteiger partial charge in [0, 0.05) is 47.8 Å². The Labute approximate surface area is 200 Å². The molecule has 1 aliphatic rings. The molecule has 0 saturated carbocycles. The van der Waals surface area contributed by atoms with Gasteiger partial charge in [-0.2, -0.15) is 0 Å². The molecule has 0 saturated heterocycles. The Morgan fingerprint density at radius 3 is 2.86 bits per heavy atom. The molecule has 7 nitrogen and oxygen atoms in total. The molecule has 0 spiro atoms. The number of carbonyl (C=O) groups excluding carboxylic acids is 1. The number of rotatable bonds is 6. The van der Waals surface area contributed by atoms with E-state index in [1.54, 1.807) is 11.5 Å². The molecule has 2 aromatic heterocycles. The highest BCUT2D eigenvalue weighted by Gasteiger charge is 2.22. The highest BCUT2D eigenvalue weighted by atomic mass is 19.1. The third-order valence-corrected chi connectivity index (χ3v) is 6.28. The summed E-state index contributed by atoms with van der Waals surface area (Å²) in [5.74, 6) is -1.14. The maximum atomic E-state index is 14.3. The Hall–Kier alpha value is -3.82. The number of carbonyl (C=O) groups is 1. The van der Waals surface area contributed by atoms with E-state index in [1.807, 2.05) is 29.8 Å². The number of hydrogen-bond donors (Lipinski definition) is 3. The number of amides is 1. The summed E-state index contributed by atoms with van der Waals surface area (Å²) in [5.41, 5.74) is 5.78. The molecule has 3 N–H and O–H groups in total. The minimum atomic E-state index is -0.725. The number of aryl methyl sites for hydroxylation is 1. The monoisotopic (exact) mass is 478 g/mol. The van der Waals surface area contributed by atoms with Gasteiger partial charge in [-0.15, -0.1) is 0 Å². The van der Waals surface area contributed by atoms with Gasteiger partial charge in [-0.05, 0) is 30.7 Å². The lowest BCUT2D eigenvalue weighted by molar-refractivity contribution is 0.0701. The fraction of sp³-hybridized carbons (Fsp3) is 0.231. The highest BCUT2D eigenvalue weighted by Crippen LogP contribution is 2.33. The van der Waals surface area contributed by atoms with E-state index < -0.39 is 17.5 Å². The second kappa shape index (κ2) is 9.44. The minimum absolute atomic E-state index is 0.0546. The van der Waals surface area contributed by atoms with E-state index in [0.717, 1.165) is 40.3 Å². The lowest BCUT2D eigenvalue weighted by atomic mass is 9.98. The van der Waals surface area contributed by atoms with Crippen LogP contribution in [0.1, 0.15) is 45.2 Å². The van der Waals surface area contributed by atoms with E-state index in [9.17, 15) is 13.6 Å². The van der Waals surface area contributed by atoms with Crippen LogP contribution in [0.2, 0.25) is 0 Å². The Bertz CT molecular complexity index is 1420. The van der Waals surface area contributed by atoms with E-state index in [0.29, 0.717) is 24.2 Å². The number of benzene rings is 2. The molecule has 1 unspecified atom stereocenters. The molecule has 1 amide bonds. The standard InChI is InChI=1S/C26H24F2N4O3/c1-15-2-5-25-20(8-15)22(6-7-35-25)29-11-17-14-32(13-16-3-4-18(27)9-21(16)28)24-12-30-23(10-19(17)24)26(33)31-34/h2-5,8-10,12,14,22,29,34H,6-7,11,13H2,1H3,(H,31,33). The van der Waals surface area contributed by atoms with Crippen molar-refractivity contribution in [3.05, 3.63) is 94.4 Å². The summed E-state index contributed by atoms with van der Waals surface area (Å²) in [6.45, 7) is 3.27. The van der Waals surface area contributed by atoms with Crippen molar-refractivity contribution in [3.8, 4) is 5.75 Å². The van der Waals surface area contributed by atoms with Crippen LogP contribution >= 0.6 is 0 Å². The molecule has 0 aliphatic carbocycles. The van der Waals surface area contributed by atoms with Crippen molar-refractivity contribution in [1.29, 1.82) is 0 Å². The zero-order valence-corrected chi connectivity index (χ0v) is 19.0. The number of ether oxygens (including phenoxy) is 1. The van der Waals surface area contributed by atoms with Crippen LogP contribution in [-0.2, 0) is 13.1 Å². The second-order valence-electron chi connectivity index (χ2n) is 8.66. The van der Waals surface area contributed by atoms with Gasteiger partial charge in [-0.25, -0.2) is 19.2 Å². The summed E-state index contributed by atoms with van der Waals surface area (Å²) < 4.78 is 35.3. The van der Waals surface area contributed by atoms with Crippen LogP contribution < -0.4 is 15.5 Å². The van der Waals surface area contributed by atoms with Crippen LogP contribution in [0.25, 0.3) is 10.9 Å². The fourth-order valence-electron chi connectivity index (χ4n) is 4.51. The van der Waals surface area contributed by atoms with E-state index in [2.05, 4.69) is 16.4 Å². The molecule has 3 heterocycles. The molecule has 4 aromatic rings. The van der Waals surface area contributed by atoms with Gasteiger partial charge in [0.25, 0.3) is 5.91 Å². The van der Waals surface area contributed by atoms with Gasteiger partial charge in [-0.1, -0.05) is 23.8 Å². The largest absolute Gasteiger partial charge is 0.493 e. The molecule has 35 heavy (non-hydrogen) atoms. The van der Waals surface area contributed by atoms with Crippen LogP contribution in [0.3, 0.4) is 0 Å². The van der Waals surface area contributed by atoms with Crippen molar-refractivity contribution in [2.75, 3.05) is 6.61 Å². The number of nitrogens with zero attached hydrogens (tertiary/aromatic N) is 2. The fourth-order valence-corrected chi connectivity index (χ4v) is 4.51. The topological polar surface area (TPSA) is 88.4 Å². The second-order valence-corrected chi connectivity index (χ2v) is 8.66. The Balaban J connectivity index is 1.49. The summed E-state index contributed by atoms with van der Waals surface area (Å²) >= 11 is 0. The van der Waals surface area contributed by atoms with Crippen molar-refractivity contribution in [2.45, 2.75) is 32.5 Å². The van der Waals surface area contributed by atoms with Gasteiger partial charge >= 0.3 is 0 Å². The van der Waals surface area contributed by atoms with E-state index >= 15 is 0 Å². The Kier molecular flexibility index (Phi) is 6.19. The summed E-state index contributed by atoms with van der Waals surface area (Å²) in [6, 6.07) is 11.3. The number of hydroxylamine groups is 1. The SMILES string of the molecule is Cc1ccc2c(c1)C(NCc1cn(Cc3ccc(F)cc3F)c3cnc(C(=O)NO)cc13)CCO2. The molecule has 0 fully saturated rings. The zero-order valence-electron chi connectivity index (χ0n) is 19.0. The normalized spacial score (nSPS) is 15.0. The van der Waals surface area contributed by atoms with Crippen molar-refractivity contribution < 1.29 is 23.5 Å². The molecule has 5 rings (SSSR count). The van der Waals surface area contributed by atoms with Crippen molar-refractivity contribution in [3.63, 3.8) is 0 Å². The summed E-state index contributed by atoms with van der Waals surface area (Å²) in [5, 5.41) is 13.4. The van der Waals surface area contributed by atoms with Crippen LogP contribution in [0, 0.1) is 18.6 Å². The molecule has 2 aromatic carbocycles. The summed E-state index contributed by atoms with van der Waals surface area (Å²) in [4.78, 5) is 16.1. The molecule has 0 radical (unpaired) electrons. The molecule has 1 aliphatic heterocycles. The van der Waals surface area contributed by atoms with Gasteiger partial charge in [0.2, 0.25) is 0 Å². The van der Waals surface area contributed by atoms with Crippen LogP contribution in [-0.4, -0.2) is 27.3 Å². The van der Waals surface area contributed by atoms with E-state index in [-0.39, 0.29) is 18.3 Å². The van der Waals surface area contributed by atoms with Gasteiger partial charge < -0.3 is 14.6 Å². The van der Waals surface area contributed by atoms with Gasteiger partial charge in [-0.3, -0.25) is 10.0 Å². The molecular weight excluding hydrogens is 454 g/mol. The maximum absolute atomic E-state index is 14.3. The molecule has 180 valence electrons. The maximum Gasteiger partial charge on any atom is 0.293 e. The van der Waals surface area contributed by atoms with Gasteiger partial charge in [0.15, 0.2) is 0 Å². The molecule has 1 atom stereocenters. The summed E-state index contributed by atoms with van der Waals surface area (Å²) in [7, 11) is 0. The first-order valence-corrected chi connectivity index (χ1v) is 11.3. The van der Waals surface area contributed by atoms with Gasteiger partial charge in [0.05, 0.1) is 24.9 Å². The van der Waals surface area contributed by atoms with Crippen molar-refractivity contribution in [1.82, 2.24) is 20.3 Å². The third-order valence-electron chi connectivity index (χ3n) is 6.28. The van der Waals surface area contributed by atoms with Crippen LogP contribution in [0.5, 0.6) is 5.75 Å². The lowest BCUT2D eigenvalue weighted by Gasteiger charge is -2.27. The van der Waals surface area contributed by atoms with Crippen molar-refractivity contribution >= 4 is 16.8 Å². The zero-order chi connectivity index (χ0) is 24.5. The Morgan fingerprint density at radius 2 is 2.06 bits per heavy atom. The molecule has 9 heteroatoms. The first kappa shape index (κ1) is 22.9. The number of halogens is 2. The number of fused-ring (bicyclic) bond motifs is 2. The number of pyridine rings is 1. The van der Waals surface area contributed by atoms with Crippen molar-refractivity contribution in [2.24, 2.45) is 0 Å². The first-order chi connectivity index (χ1) is 16.9. The quantitative estimate of drug-likeness (QED) is 0.282. The van der Waals surface area contributed by atoms with E-state index in [1.165, 1.54) is 18.3 Å². The third kappa shape index (κ3) is 4.60. The summed E-state index contributed by atoms with van der Waals surface area (Å²) in [6.07, 6.45) is 4.19. The smallest absolute Gasteiger partial charge is 0.293 e.